The Bertz CT molecular complexity index is 454. The van der Waals surface area contributed by atoms with Gasteiger partial charge >= 0.3 is 0 Å². The van der Waals surface area contributed by atoms with Gasteiger partial charge in [0, 0.05) is 17.9 Å². The van der Waals surface area contributed by atoms with Gasteiger partial charge in [-0.2, -0.15) is 0 Å². The van der Waals surface area contributed by atoms with Crippen molar-refractivity contribution in [3.05, 3.63) is 34.9 Å². The molecule has 0 saturated carbocycles. The number of ether oxygens (including phenoxy) is 1. The standard InChI is InChI=1S/C15H21ClO2/c1-13(2)10-15(17,14(3,4)18-13)9-11-7-5-6-8-12(11)16/h5-8,17H,9-10H2,1-4H3. The van der Waals surface area contributed by atoms with Crippen LogP contribution in [-0.2, 0) is 11.2 Å². The second kappa shape index (κ2) is 4.22. The lowest BCUT2D eigenvalue weighted by Gasteiger charge is -2.35. The third-order valence-corrected chi connectivity index (χ3v) is 4.18. The molecule has 1 atom stereocenters. The molecule has 2 nitrogen and oxygen atoms in total. The smallest absolute Gasteiger partial charge is 0.0998 e. The molecule has 3 heteroatoms. The summed E-state index contributed by atoms with van der Waals surface area (Å²) in [5.41, 5.74) is -0.799. The molecule has 1 aliphatic heterocycles. The molecule has 1 aliphatic rings. The molecule has 1 heterocycles. The Morgan fingerprint density at radius 1 is 1.22 bits per heavy atom. The van der Waals surface area contributed by atoms with E-state index in [1.165, 1.54) is 0 Å². The predicted molar refractivity (Wildman–Crippen MR) is 74.0 cm³/mol. The lowest BCUT2D eigenvalue weighted by molar-refractivity contribution is -0.125. The van der Waals surface area contributed by atoms with E-state index in [9.17, 15) is 5.11 Å². The molecule has 0 spiro atoms. The molecule has 0 aromatic heterocycles. The first-order valence-electron chi connectivity index (χ1n) is 6.31. The normalized spacial score (nSPS) is 29.4. The minimum atomic E-state index is -0.887. The highest BCUT2D eigenvalue weighted by molar-refractivity contribution is 6.31. The zero-order valence-electron chi connectivity index (χ0n) is 11.5. The number of aliphatic hydroxyl groups is 1. The molecule has 1 fully saturated rings. The highest BCUT2D eigenvalue weighted by Crippen LogP contribution is 2.47. The zero-order chi connectivity index (χ0) is 13.6. The van der Waals surface area contributed by atoms with Gasteiger partial charge in [0.2, 0.25) is 0 Å². The molecule has 2 rings (SSSR count). The monoisotopic (exact) mass is 268 g/mol. The van der Waals surface area contributed by atoms with Gasteiger partial charge in [0.25, 0.3) is 0 Å². The summed E-state index contributed by atoms with van der Waals surface area (Å²) >= 11 is 6.18. The van der Waals surface area contributed by atoms with Crippen LogP contribution in [0.1, 0.15) is 39.7 Å². The highest BCUT2D eigenvalue weighted by Gasteiger charge is 2.56. The van der Waals surface area contributed by atoms with E-state index in [1.54, 1.807) is 0 Å². The summed E-state index contributed by atoms with van der Waals surface area (Å²) in [5, 5.41) is 11.6. The van der Waals surface area contributed by atoms with Crippen LogP contribution < -0.4 is 0 Å². The van der Waals surface area contributed by atoms with Crippen molar-refractivity contribution in [3.63, 3.8) is 0 Å². The number of hydrogen-bond donors (Lipinski definition) is 1. The number of hydrogen-bond acceptors (Lipinski definition) is 2. The fourth-order valence-corrected chi connectivity index (χ4v) is 3.17. The third kappa shape index (κ3) is 2.42. The molecule has 1 unspecified atom stereocenters. The highest BCUT2D eigenvalue weighted by atomic mass is 35.5. The molecule has 1 saturated heterocycles. The summed E-state index contributed by atoms with van der Waals surface area (Å²) in [6, 6.07) is 7.66. The Balaban J connectivity index is 2.30. The fraction of sp³-hybridized carbons (Fsp3) is 0.600. The van der Waals surface area contributed by atoms with E-state index in [0.717, 1.165) is 5.56 Å². The van der Waals surface area contributed by atoms with Crippen LogP contribution in [0.5, 0.6) is 0 Å². The van der Waals surface area contributed by atoms with Crippen molar-refractivity contribution < 1.29 is 9.84 Å². The molecule has 0 radical (unpaired) electrons. The summed E-state index contributed by atoms with van der Waals surface area (Å²) in [7, 11) is 0. The van der Waals surface area contributed by atoms with Crippen molar-refractivity contribution >= 4 is 11.6 Å². The van der Waals surface area contributed by atoms with Gasteiger partial charge in [-0.05, 0) is 39.3 Å². The SMILES string of the molecule is CC1(C)CC(O)(Cc2ccccc2Cl)C(C)(C)O1. The molecule has 18 heavy (non-hydrogen) atoms. The van der Waals surface area contributed by atoms with Crippen LogP contribution in [0.3, 0.4) is 0 Å². The fourth-order valence-electron chi connectivity index (χ4n) is 2.97. The lowest BCUT2D eigenvalue weighted by Crippen LogP contribution is -2.48. The van der Waals surface area contributed by atoms with Gasteiger partial charge in [-0.25, -0.2) is 0 Å². The van der Waals surface area contributed by atoms with Crippen molar-refractivity contribution in [1.29, 1.82) is 0 Å². The van der Waals surface area contributed by atoms with Crippen LogP contribution >= 0.6 is 11.6 Å². The maximum atomic E-state index is 10.9. The van der Waals surface area contributed by atoms with E-state index in [2.05, 4.69) is 0 Å². The average molecular weight is 269 g/mol. The summed E-state index contributed by atoms with van der Waals surface area (Å²) in [4.78, 5) is 0. The largest absolute Gasteiger partial charge is 0.386 e. The Morgan fingerprint density at radius 2 is 1.83 bits per heavy atom. The number of halogens is 1. The molecule has 0 amide bonds. The van der Waals surface area contributed by atoms with Gasteiger partial charge in [-0.1, -0.05) is 29.8 Å². The molecule has 1 aromatic rings. The summed E-state index contributed by atoms with van der Waals surface area (Å²) < 4.78 is 5.97. The second-order valence-electron chi connectivity index (χ2n) is 6.35. The quantitative estimate of drug-likeness (QED) is 0.888. The lowest BCUT2D eigenvalue weighted by atomic mass is 9.78. The molecular weight excluding hydrogens is 248 g/mol. The van der Waals surface area contributed by atoms with Crippen LogP contribution in [0.2, 0.25) is 5.02 Å². The maximum absolute atomic E-state index is 10.9. The van der Waals surface area contributed by atoms with Gasteiger partial charge in [0.05, 0.1) is 16.8 Å². The first-order valence-corrected chi connectivity index (χ1v) is 6.69. The Morgan fingerprint density at radius 3 is 2.33 bits per heavy atom. The third-order valence-electron chi connectivity index (χ3n) is 3.81. The second-order valence-corrected chi connectivity index (χ2v) is 6.76. The van der Waals surface area contributed by atoms with Crippen molar-refractivity contribution in [1.82, 2.24) is 0 Å². The van der Waals surface area contributed by atoms with Gasteiger partial charge in [-0.15, -0.1) is 0 Å². The molecule has 0 bridgehead atoms. The van der Waals surface area contributed by atoms with E-state index in [4.69, 9.17) is 16.3 Å². The van der Waals surface area contributed by atoms with Crippen molar-refractivity contribution in [2.24, 2.45) is 0 Å². The average Bonchev–Trinajstić information content (AvgIpc) is 2.34. The van der Waals surface area contributed by atoms with Crippen molar-refractivity contribution in [3.8, 4) is 0 Å². The summed E-state index contributed by atoms with van der Waals surface area (Å²) in [6.07, 6.45) is 1.13. The van der Waals surface area contributed by atoms with E-state index in [0.29, 0.717) is 17.9 Å². The minimum Gasteiger partial charge on any atom is -0.386 e. The van der Waals surface area contributed by atoms with Gasteiger partial charge < -0.3 is 9.84 Å². The Labute approximate surface area is 114 Å². The van der Waals surface area contributed by atoms with Crippen molar-refractivity contribution in [2.45, 2.75) is 57.3 Å². The van der Waals surface area contributed by atoms with E-state index < -0.39 is 11.2 Å². The van der Waals surface area contributed by atoms with Crippen LogP contribution in [0.15, 0.2) is 24.3 Å². The van der Waals surface area contributed by atoms with E-state index in [1.807, 2.05) is 52.0 Å². The van der Waals surface area contributed by atoms with Crippen LogP contribution in [0.4, 0.5) is 0 Å². The topological polar surface area (TPSA) is 29.5 Å². The first-order chi connectivity index (χ1) is 8.15. The van der Waals surface area contributed by atoms with Gasteiger partial charge in [0.15, 0.2) is 0 Å². The molecule has 1 aromatic carbocycles. The van der Waals surface area contributed by atoms with Crippen molar-refractivity contribution in [2.75, 3.05) is 0 Å². The Kier molecular flexibility index (Phi) is 3.25. The molecule has 100 valence electrons. The van der Waals surface area contributed by atoms with Gasteiger partial charge in [0.1, 0.15) is 0 Å². The summed E-state index contributed by atoms with van der Waals surface area (Å²) in [6.45, 7) is 7.91. The van der Waals surface area contributed by atoms with Crippen LogP contribution in [0.25, 0.3) is 0 Å². The number of rotatable bonds is 2. The van der Waals surface area contributed by atoms with Gasteiger partial charge in [-0.3, -0.25) is 0 Å². The molecule has 1 N–H and O–H groups in total. The van der Waals surface area contributed by atoms with Crippen LogP contribution in [-0.4, -0.2) is 21.9 Å². The summed E-state index contributed by atoms with van der Waals surface area (Å²) in [5.74, 6) is 0. The maximum Gasteiger partial charge on any atom is 0.0998 e. The zero-order valence-corrected chi connectivity index (χ0v) is 12.2. The number of benzene rings is 1. The first kappa shape index (κ1) is 13.9. The minimum absolute atomic E-state index is 0.306. The predicted octanol–water partition coefficient (Wildman–Crippen LogP) is 3.59. The van der Waals surface area contributed by atoms with E-state index in [-0.39, 0.29) is 5.60 Å². The molecular formula is C15H21ClO2. The molecule has 0 aliphatic carbocycles. The van der Waals surface area contributed by atoms with Crippen LogP contribution in [0, 0.1) is 0 Å². The Hall–Kier alpha value is -0.570. The van der Waals surface area contributed by atoms with E-state index >= 15 is 0 Å².